The average Bonchev–Trinajstić information content (AvgIpc) is 2.68. The highest BCUT2D eigenvalue weighted by Crippen LogP contribution is 2.31. The SMILES string of the molecule is COc1ccc(N2CCN(C(C)(C(=O)O)c3ccccc3)CC2)cc1. The molecule has 5 nitrogen and oxygen atoms in total. The second kappa shape index (κ2) is 7.15. The first-order valence-corrected chi connectivity index (χ1v) is 8.48. The maximum atomic E-state index is 12.1. The Kier molecular flexibility index (Phi) is 4.95. The number of ether oxygens (including phenoxy) is 1. The molecule has 2 aromatic rings. The van der Waals surface area contributed by atoms with Gasteiger partial charge in [-0.05, 0) is 36.8 Å². The molecule has 1 aliphatic heterocycles. The third-order valence-electron chi connectivity index (χ3n) is 5.10. The molecule has 0 spiro atoms. The zero-order valence-electron chi connectivity index (χ0n) is 14.7. The van der Waals surface area contributed by atoms with Gasteiger partial charge in [0.1, 0.15) is 11.3 Å². The van der Waals surface area contributed by atoms with Crippen LogP contribution in [-0.2, 0) is 10.3 Å². The zero-order chi connectivity index (χ0) is 17.9. The molecule has 1 N–H and O–H groups in total. The summed E-state index contributed by atoms with van der Waals surface area (Å²) < 4.78 is 5.20. The molecule has 5 heteroatoms. The van der Waals surface area contributed by atoms with Gasteiger partial charge < -0.3 is 14.7 Å². The second-order valence-electron chi connectivity index (χ2n) is 6.42. The molecule has 0 aromatic heterocycles. The minimum Gasteiger partial charge on any atom is -0.497 e. The molecule has 3 rings (SSSR count). The van der Waals surface area contributed by atoms with Crippen LogP contribution < -0.4 is 9.64 Å². The van der Waals surface area contributed by atoms with Crippen molar-refractivity contribution in [1.82, 2.24) is 4.90 Å². The van der Waals surface area contributed by atoms with Crippen LogP contribution in [0.4, 0.5) is 5.69 Å². The highest BCUT2D eigenvalue weighted by molar-refractivity contribution is 5.80. The van der Waals surface area contributed by atoms with Crippen LogP contribution in [-0.4, -0.2) is 49.3 Å². The maximum Gasteiger partial charge on any atom is 0.328 e. The number of carbonyl (C=O) groups is 1. The van der Waals surface area contributed by atoms with Gasteiger partial charge in [0.2, 0.25) is 0 Å². The third-order valence-corrected chi connectivity index (χ3v) is 5.10. The summed E-state index contributed by atoms with van der Waals surface area (Å²) in [7, 11) is 1.66. The number of rotatable bonds is 5. The lowest BCUT2D eigenvalue weighted by Crippen LogP contribution is -2.57. The number of carboxylic acid groups (broad SMARTS) is 1. The summed E-state index contributed by atoms with van der Waals surface area (Å²) in [5.74, 6) is 0.0292. The molecule has 2 aromatic carbocycles. The Balaban J connectivity index is 1.74. The topological polar surface area (TPSA) is 53.0 Å². The number of aliphatic carboxylic acids is 1. The molecule has 1 fully saturated rings. The van der Waals surface area contributed by atoms with Gasteiger partial charge in [0.15, 0.2) is 0 Å². The summed E-state index contributed by atoms with van der Waals surface area (Å²) >= 11 is 0. The normalized spacial score (nSPS) is 17.8. The Bertz CT molecular complexity index is 709. The fraction of sp³-hybridized carbons (Fsp3) is 0.350. The van der Waals surface area contributed by atoms with Crippen molar-refractivity contribution < 1.29 is 14.6 Å². The minimum absolute atomic E-state index is 0.698. The quantitative estimate of drug-likeness (QED) is 0.907. The second-order valence-corrected chi connectivity index (χ2v) is 6.42. The van der Waals surface area contributed by atoms with E-state index in [0.717, 1.165) is 30.1 Å². The van der Waals surface area contributed by atoms with Gasteiger partial charge in [-0.25, -0.2) is 4.79 Å². The monoisotopic (exact) mass is 340 g/mol. The van der Waals surface area contributed by atoms with Gasteiger partial charge in [0.05, 0.1) is 7.11 Å². The minimum atomic E-state index is -1.01. The summed E-state index contributed by atoms with van der Waals surface area (Å²) in [5, 5.41) is 9.91. The highest BCUT2D eigenvalue weighted by Gasteiger charge is 2.42. The first-order valence-electron chi connectivity index (χ1n) is 8.48. The predicted octanol–water partition coefficient (Wildman–Crippen LogP) is 2.82. The van der Waals surface area contributed by atoms with E-state index in [0.29, 0.717) is 13.1 Å². The maximum absolute atomic E-state index is 12.1. The lowest BCUT2D eigenvalue weighted by molar-refractivity contribution is -0.151. The summed E-state index contributed by atoms with van der Waals surface area (Å²) in [6.07, 6.45) is 0. The number of anilines is 1. The first-order chi connectivity index (χ1) is 12.1. The molecular formula is C20H24N2O3. The van der Waals surface area contributed by atoms with Crippen molar-refractivity contribution in [3.63, 3.8) is 0 Å². The Hall–Kier alpha value is -2.53. The van der Waals surface area contributed by atoms with Crippen LogP contribution in [0.2, 0.25) is 0 Å². The van der Waals surface area contributed by atoms with Crippen LogP contribution in [0.3, 0.4) is 0 Å². The van der Waals surface area contributed by atoms with E-state index in [2.05, 4.69) is 9.80 Å². The summed E-state index contributed by atoms with van der Waals surface area (Å²) in [6, 6.07) is 17.5. The molecule has 0 bridgehead atoms. The summed E-state index contributed by atoms with van der Waals surface area (Å²) in [6.45, 7) is 4.78. The Labute approximate surface area is 148 Å². The van der Waals surface area contributed by atoms with Crippen molar-refractivity contribution >= 4 is 11.7 Å². The molecule has 1 heterocycles. The van der Waals surface area contributed by atoms with Gasteiger partial charge in [-0.2, -0.15) is 0 Å². The van der Waals surface area contributed by atoms with Gasteiger partial charge in [-0.15, -0.1) is 0 Å². The van der Waals surface area contributed by atoms with Gasteiger partial charge >= 0.3 is 5.97 Å². The molecule has 0 radical (unpaired) electrons. The van der Waals surface area contributed by atoms with Crippen molar-refractivity contribution in [1.29, 1.82) is 0 Å². The number of carboxylic acids is 1. The predicted molar refractivity (Wildman–Crippen MR) is 98.2 cm³/mol. The fourth-order valence-electron chi connectivity index (χ4n) is 3.41. The number of benzene rings is 2. The van der Waals surface area contributed by atoms with Gasteiger partial charge in [0.25, 0.3) is 0 Å². The van der Waals surface area contributed by atoms with Crippen LogP contribution in [0.1, 0.15) is 12.5 Å². The van der Waals surface area contributed by atoms with E-state index in [4.69, 9.17) is 4.74 Å². The number of nitrogens with zero attached hydrogens (tertiary/aromatic N) is 2. The van der Waals surface area contributed by atoms with Crippen LogP contribution in [0.5, 0.6) is 5.75 Å². The van der Waals surface area contributed by atoms with E-state index in [1.807, 2.05) is 54.6 Å². The summed E-state index contributed by atoms with van der Waals surface area (Å²) in [4.78, 5) is 16.4. The summed E-state index contributed by atoms with van der Waals surface area (Å²) in [5.41, 5.74) is 0.949. The number of hydrogen-bond donors (Lipinski definition) is 1. The van der Waals surface area contributed by atoms with Crippen LogP contribution in [0.15, 0.2) is 54.6 Å². The van der Waals surface area contributed by atoms with Crippen LogP contribution >= 0.6 is 0 Å². The lowest BCUT2D eigenvalue weighted by Gasteiger charge is -2.44. The molecule has 1 atom stereocenters. The van der Waals surface area contributed by atoms with Gasteiger partial charge in [0, 0.05) is 31.9 Å². The van der Waals surface area contributed by atoms with E-state index in [9.17, 15) is 9.90 Å². The Morgan fingerprint density at radius 2 is 1.60 bits per heavy atom. The number of methoxy groups -OCH3 is 1. The van der Waals surface area contributed by atoms with E-state index in [1.54, 1.807) is 14.0 Å². The van der Waals surface area contributed by atoms with Gasteiger partial charge in [-0.3, -0.25) is 4.90 Å². The molecule has 0 aliphatic carbocycles. The standard InChI is InChI=1S/C20H24N2O3/c1-20(19(23)24,16-6-4-3-5-7-16)22-14-12-21(13-15-22)17-8-10-18(25-2)11-9-17/h3-11H,12-15H2,1-2H3,(H,23,24). The fourth-order valence-corrected chi connectivity index (χ4v) is 3.41. The smallest absolute Gasteiger partial charge is 0.328 e. The zero-order valence-corrected chi connectivity index (χ0v) is 14.7. The lowest BCUT2D eigenvalue weighted by atomic mass is 9.89. The van der Waals surface area contributed by atoms with Crippen molar-refractivity contribution in [3.8, 4) is 5.75 Å². The average molecular weight is 340 g/mol. The van der Waals surface area contributed by atoms with Crippen LogP contribution in [0.25, 0.3) is 0 Å². The van der Waals surface area contributed by atoms with Gasteiger partial charge in [-0.1, -0.05) is 30.3 Å². The molecule has 1 unspecified atom stereocenters. The Morgan fingerprint density at radius 1 is 1.00 bits per heavy atom. The molecule has 1 saturated heterocycles. The van der Waals surface area contributed by atoms with Crippen molar-refractivity contribution in [2.75, 3.05) is 38.2 Å². The van der Waals surface area contributed by atoms with E-state index in [1.165, 1.54) is 0 Å². The van der Waals surface area contributed by atoms with E-state index < -0.39 is 11.5 Å². The molecule has 25 heavy (non-hydrogen) atoms. The largest absolute Gasteiger partial charge is 0.497 e. The Morgan fingerprint density at radius 3 is 2.12 bits per heavy atom. The molecule has 1 aliphatic rings. The molecule has 0 saturated carbocycles. The highest BCUT2D eigenvalue weighted by atomic mass is 16.5. The van der Waals surface area contributed by atoms with Crippen molar-refractivity contribution in [2.24, 2.45) is 0 Å². The molecule has 132 valence electrons. The molecular weight excluding hydrogens is 316 g/mol. The number of piperazine rings is 1. The third kappa shape index (κ3) is 3.33. The first kappa shape index (κ1) is 17.3. The molecule has 0 amide bonds. The van der Waals surface area contributed by atoms with Crippen molar-refractivity contribution in [2.45, 2.75) is 12.5 Å². The van der Waals surface area contributed by atoms with E-state index >= 15 is 0 Å². The van der Waals surface area contributed by atoms with Crippen molar-refractivity contribution in [3.05, 3.63) is 60.2 Å². The number of hydrogen-bond acceptors (Lipinski definition) is 4. The van der Waals surface area contributed by atoms with Crippen LogP contribution in [0, 0.1) is 0 Å². The van der Waals surface area contributed by atoms with E-state index in [-0.39, 0.29) is 0 Å².